The van der Waals surface area contributed by atoms with Gasteiger partial charge in [-0.1, -0.05) is 36.4 Å². The minimum Gasteiger partial charge on any atom is -0.488 e. The molecule has 2 heterocycles. The van der Waals surface area contributed by atoms with Gasteiger partial charge in [-0.05, 0) is 17.2 Å². The molecule has 1 aromatic carbocycles. The van der Waals surface area contributed by atoms with Gasteiger partial charge in [0.15, 0.2) is 0 Å². The molecule has 0 saturated carbocycles. The molecule has 1 N–H and O–H groups in total. The van der Waals surface area contributed by atoms with Gasteiger partial charge in [-0.15, -0.1) is 11.3 Å². The van der Waals surface area contributed by atoms with Gasteiger partial charge < -0.3 is 9.84 Å². The number of pyridine rings is 1. The van der Waals surface area contributed by atoms with Crippen LogP contribution in [0.15, 0.2) is 60.1 Å². The zero-order chi connectivity index (χ0) is 16.1. The van der Waals surface area contributed by atoms with Crippen LogP contribution in [-0.2, 0) is 17.8 Å². The Kier molecular flexibility index (Phi) is 4.68. The molecule has 0 radical (unpaired) electrons. The Labute approximate surface area is 138 Å². The van der Waals surface area contributed by atoms with E-state index in [-0.39, 0.29) is 6.42 Å². The SMILES string of the molecule is O=C(O)Cc1ccc(-c2cc(OCc3ccccc3)cs2)nc1. The maximum absolute atomic E-state index is 10.7. The number of hydrogen-bond acceptors (Lipinski definition) is 4. The highest BCUT2D eigenvalue weighted by atomic mass is 32.1. The molecule has 116 valence electrons. The molecule has 0 atom stereocenters. The number of aromatic nitrogens is 1. The number of carbonyl (C=O) groups is 1. The van der Waals surface area contributed by atoms with E-state index in [9.17, 15) is 4.79 Å². The molecule has 0 aliphatic carbocycles. The maximum Gasteiger partial charge on any atom is 0.307 e. The number of ether oxygens (including phenoxy) is 1. The van der Waals surface area contributed by atoms with Gasteiger partial charge in [0.05, 0.1) is 17.0 Å². The normalized spacial score (nSPS) is 10.4. The van der Waals surface area contributed by atoms with Gasteiger partial charge in [0.2, 0.25) is 0 Å². The first-order chi connectivity index (χ1) is 11.2. The summed E-state index contributed by atoms with van der Waals surface area (Å²) in [6.45, 7) is 0.530. The lowest BCUT2D eigenvalue weighted by atomic mass is 10.2. The Balaban J connectivity index is 1.65. The fourth-order valence-corrected chi connectivity index (χ4v) is 2.92. The average molecular weight is 325 g/mol. The molecule has 0 amide bonds. The zero-order valence-electron chi connectivity index (χ0n) is 12.3. The van der Waals surface area contributed by atoms with Crippen LogP contribution in [0.2, 0.25) is 0 Å². The van der Waals surface area contributed by atoms with Crippen molar-refractivity contribution in [2.45, 2.75) is 13.0 Å². The van der Waals surface area contributed by atoms with Crippen molar-refractivity contribution >= 4 is 17.3 Å². The zero-order valence-corrected chi connectivity index (χ0v) is 13.1. The van der Waals surface area contributed by atoms with Crippen molar-refractivity contribution in [3.05, 3.63) is 71.2 Å². The number of hydrogen-bond donors (Lipinski definition) is 1. The summed E-state index contributed by atoms with van der Waals surface area (Å²) in [6.07, 6.45) is 1.59. The predicted molar refractivity (Wildman–Crippen MR) is 89.7 cm³/mol. The van der Waals surface area contributed by atoms with Crippen LogP contribution in [0.5, 0.6) is 5.75 Å². The van der Waals surface area contributed by atoms with Gasteiger partial charge in [-0.3, -0.25) is 9.78 Å². The van der Waals surface area contributed by atoms with Crippen LogP contribution >= 0.6 is 11.3 Å². The first-order valence-electron chi connectivity index (χ1n) is 7.13. The van der Waals surface area contributed by atoms with E-state index in [1.165, 1.54) is 0 Å². The molecular formula is C18H15NO3S. The van der Waals surface area contributed by atoms with Crippen molar-refractivity contribution in [2.24, 2.45) is 0 Å². The highest BCUT2D eigenvalue weighted by Crippen LogP contribution is 2.30. The first-order valence-corrected chi connectivity index (χ1v) is 8.01. The summed E-state index contributed by atoms with van der Waals surface area (Å²) in [5.41, 5.74) is 2.63. The standard InChI is InChI=1S/C18H15NO3S/c20-18(21)8-14-6-7-16(19-10-14)17-9-15(12-23-17)22-11-13-4-2-1-3-5-13/h1-7,9-10,12H,8,11H2,(H,20,21). The number of aliphatic carboxylic acids is 1. The summed E-state index contributed by atoms with van der Waals surface area (Å²) >= 11 is 1.55. The van der Waals surface area contributed by atoms with Crippen molar-refractivity contribution < 1.29 is 14.6 Å². The second kappa shape index (κ2) is 7.07. The van der Waals surface area contributed by atoms with Gasteiger partial charge in [0, 0.05) is 17.6 Å². The minimum atomic E-state index is -0.854. The third kappa shape index (κ3) is 4.17. The van der Waals surface area contributed by atoms with Crippen LogP contribution in [0.1, 0.15) is 11.1 Å². The lowest BCUT2D eigenvalue weighted by Gasteiger charge is -2.03. The Morgan fingerprint density at radius 3 is 2.65 bits per heavy atom. The van der Waals surface area contributed by atoms with E-state index in [4.69, 9.17) is 9.84 Å². The fraction of sp³-hybridized carbons (Fsp3) is 0.111. The van der Waals surface area contributed by atoms with E-state index >= 15 is 0 Å². The Bertz CT molecular complexity index is 782. The molecule has 0 aliphatic rings. The van der Waals surface area contributed by atoms with Gasteiger partial charge in [-0.25, -0.2) is 0 Å². The third-order valence-corrected chi connectivity index (χ3v) is 4.19. The highest BCUT2D eigenvalue weighted by molar-refractivity contribution is 7.13. The number of rotatable bonds is 6. The molecular weight excluding hydrogens is 310 g/mol. The average Bonchev–Trinajstić information content (AvgIpc) is 3.03. The summed E-state index contributed by atoms with van der Waals surface area (Å²) in [4.78, 5) is 16.0. The van der Waals surface area contributed by atoms with Gasteiger partial charge in [0.25, 0.3) is 0 Å². The quantitative estimate of drug-likeness (QED) is 0.744. The second-order valence-corrected chi connectivity index (χ2v) is 5.95. The summed E-state index contributed by atoms with van der Waals surface area (Å²) in [7, 11) is 0. The lowest BCUT2D eigenvalue weighted by molar-refractivity contribution is -0.136. The monoisotopic (exact) mass is 325 g/mol. The predicted octanol–water partition coefficient (Wildman–Crippen LogP) is 4.02. The largest absolute Gasteiger partial charge is 0.488 e. The van der Waals surface area contributed by atoms with E-state index < -0.39 is 5.97 Å². The molecule has 0 bridgehead atoms. The summed E-state index contributed by atoms with van der Waals surface area (Å²) in [6, 6.07) is 15.6. The van der Waals surface area contributed by atoms with Crippen LogP contribution in [0, 0.1) is 0 Å². The number of benzene rings is 1. The summed E-state index contributed by atoms with van der Waals surface area (Å²) in [5.74, 6) is -0.0439. The van der Waals surface area contributed by atoms with E-state index in [1.54, 1.807) is 23.6 Å². The fourth-order valence-electron chi connectivity index (χ4n) is 2.12. The molecule has 5 heteroatoms. The van der Waals surface area contributed by atoms with Crippen LogP contribution in [0.3, 0.4) is 0 Å². The molecule has 0 spiro atoms. The molecule has 3 aromatic rings. The van der Waals surface area contributed by atoms with E-state index in [0.717, 1.165) is 21.9 Å². The van der Waals surface area contributed by atoms with Crippen LogP contribution in [0.4, 0.5) is 0 Å². The van der Waals surface area contributed by atoms with Crippen LogP contribution in [-0.4, -0.2) is 16.1 Å². The molecule has 0 saturated heterocycles. The van der Waals surface area contributed by atoms with Gasteiger partial charge >= 0.3 is 5.97 Å². The Hall–Kier alpha value is -2.66. The lowest BCUT2D eigenvalue weighted by Crippen LogP contribution is -2.00. The van der Waals surface area contributed by atoms with Crippen LogP contribution in [0.25, 0.3) is 10.6 Å². The summed E-state index contributed by atoms with van der Waals surface area (Å²) in [5, 5.41) is 10.7. The topological polar surface area (TPSA) is 59.4 Å². The van der Waals surface area contributed by atoms with Gasteiger partial charge in [-0.2, -0.15) is 0 Å². The van der Waals surface area contributed by atoms with Crippen molar-refractivity contribution in [1.29, 1.82) is 0 Å². The number of nitrogens with zero attached hydrogens (tertiary/aromatic N) is 1. The Morgan fingerprint density at radius 2 is 1.96 bits per heavy atom. The molecule has 2 aromatic heterocycles. The van der Waals surface area contributed by atoms with Crippen molar-refractivity contribution in [3.8, 4) is 16.3 Å². The highest BCUT2D eigenvalue weighted by Gasteiger charge is 2.07. The molecule has 4 nitrogen and oxygen atoms in total. The van der Waals surface area contributed by atoms with E-state index in [2.05, 4.69) is 4.98 Å². The number of thiophene rings is 1. The first kappa shape index (κ1) is 15.2. The van der Waals surface area contributed by atoms with E-state index in [0.29, 0.717) is 12.2 Å². The third-order valence-electron chi connectivity index (χ3n) is 3.26. The van der Waals surface area contributed by atoms with Crippen LogP contribution < -0.4 is 4.74 Å². The molecule has 0 unspecified atom stereocenters. The molecule has 3 rings (SSSR count). The molecule has 23 heavy (non-hydrogen) atoms. The smallest absolute Gasteiger partial charge is 0.307 e. The van der Waals surface area contributed by atoms with Crippen molar-refractivity contribution in [2.75, 3.05) is 0 Å². The molecule has 0 aliphatic heterocycles. The van der Waals surface area contributed by atoms with Crippen molar-refractivity contribution in [3.63, 3.8) is 0 Å². The van der Waals surface area contributed by atoms with Gasteiger partial charge in [0.1, 0.15) is 12.4 Å². The molecule has 0 fully saturated rings. The van der Waals surface area contributed by atoms with Crippen molar-refractivity contribution in [1.82, 2.24) is 4.98 Å². The number of carboxylic acid groups (broad SMARTS) is 1. The minimum absolute atomic E-state index is 0.0108. The van der Waals surface area contributed by atoms with E-state index in [1.807, 2.05) is 47.8 Å². The number of carboxylic acids is 1. The Morgan fingerprint density at radius 1 is 1.13 bits per heavy atom. The summed E-state index contributed by atoms with van der Waals surface area (Å²) < 4.78 is 5.78. The second-order valence-electron chi connectivity index (χ2n) is 5.04. The maximum atomic E-state index is 10.7.